The van der Waals surface area contributed by atoms with Crippen LogP contribution in [0.2, 0.25) is 0 Å². The van der Waals surface area contributed by atoms with E-state index in [1.807, 2.05) is 41.3 Å². The Labute approximate surface area is 172 Å². The average Bonchev–Trinajstić information content (AvgIpc) is 2.77. The third kappa shape index (κ3) is 5.83. The van der Waals surface area contributed by atoms with E-state index in [-0.39, 0.29) is 30.3 Å². The van der Waals surface area contributed by atoms with E-state index in [9.17, 15) is 14.7 Å². The molecule has 2 aromatic carbocycles. The minimum absolute atomic E-state index is 0.0307. The van der Waals surface area contributed by atoms with Crippen molar-refractivity contribution < 1.29 is 14.7 Å². The second kappa shape index (κ2) is 10.1. The van der Waals surface area contributed by atoms with Gasteiger partial charge < -0.3 is 14.9 Å². The number of hydrogen-bond donors (Lipinski definition) is 1. The molecular formula is C24H30N2O3. The number of carbonyl (C=O) groups excluding carboxylic acids is 2. The van der Waals surface area contributed by atoms with Gasteiger partial charge in [0.2, 0.25) is 5.91 Å². The highest BCUT2D eigenvalue weighted by Crippen LogP contribution is 2.20. The normalized spacial score (nSPS) is 14.1. The van der Waals surface area contributed by atoms with Crippen molar-refractivity contribution in [2.45, 2.75) is 39.0 Å². The van der Waals surface area contributed by atoms with Crippen LogP contribution in [0.1, 0.15) is 48.5 Å². The van der Waals surface area contributed by atoms with Crippen molar-refractivity contribution in [3.63, 3.8) is 0 Å². The standard InChI is InChI=1S/C24H30N2O3/c1-2-3-4-19-5-7-20(8-6-19)23(28)13-14-24(29)26-17-15-25(16-18-26)21-9-11-22(27)12-10-21/h5-12,27H,2-4,13-18H2,1H3. The Morgan fingerprint density at radius 2 is 1.55 bits per heavy atom. The lowest BCUT2D eigenvalue weighted by Gasteiger charge is -2.36. The second-order valence-corrected chi connectivity index (χ2v) is 7.61. The molecule has 29 heavy (non-hydrogen) atoms. The molecule has 5 nitrogen and oxygen atoms in total. The van der Waals surface area contributed by atoms with Crippen LogP contribution >= 0.6 is 0 Å². The summed E-state index contributed by atoms with van der Waals surface area (Å²) in [6, 6.07) is 14.9. The molecule has 1 aliphatic rings. The first kappa shape index (κ1) is 20.9. The predicted octanol–water partition coefficient (Wildman–Crippen LogP) is 4.05. The minimum Gasteiger partial charge on any atom is -0.508 e. The lowest BCUT2D eigenvalue weighted by Crippen LogP contribution is -2.48. The number of unbranched alkanes of at least 4 members (excludes halogenated alkanes) is 1. The highest BCUT2D eigenvalue weighted by atomic mass is 16.3. The maximum absolute atomic E-state index is 12.5. The van der Waals surface area contributed by atoms with Crippen molar-refractivity contribution in [3.8, 4) is 5.75 Å². The van der Waals surface area contributed by atoms with E-state index in [1.54, 1.807) is 12.1 Å². The number of phenols is 1. The van der Waals surface area contributed by atoms with E-state index in [0.717, 1.165) is 38.0 Å². The van der Waals surface area contributed by atoms with Gasteiger partial charge in [0, 0.05) is 50.3 Å². The van der Waals surface area contributed by atoms with Gasteiger partial charge in [-0.25, -0.2) is 0 Å². The number of Topliss-reactive ketones (excluding diaryl/α,β-unsaturated/α-hetero) is 1. The van der Waals surface area contributed by atoms with Crippen LogP contribution in [0.3, 0.4) is 0 Å². The van der Waals surface area contributed by atoms with Crippen LogP contribution in [0.4, 0.5) is 5.69 Å². The average molecular weight is 395 g/mol. The number of carbonyl (C=O) groups is 2. The maximum atomic E-state index is 12.5. The van der Waals surface area contributed by atoms with Crippen molar-refractivity contribution in [2.75, 3.05) is 31.1 Å². The van der Waals surface area contributed by atoms with Gasteiger partial charge in [0.25, 0.3) is 0 Å². The first-order valence-electron chi connectivity index (χ1n) is 10.5. The van der Waals surface area contributed by atoms with Crippen molar-refractivity contribution >= 4 is 17.4 Å². The zero-order chi connectivity index (χ0) is 20.6. The minimum atomic E-state index is 0.0307. The first-order chi connectivity index (χ1) is 14.1. The summed E-state index contributed by atoms with van der Waals surface area (Å²) in [5.41, 5.74) is 2.99. The van der Waals surface area contributed by atoms with Gasteiger partial charge in [0.1, 0.15) is 5.75 Å². The Kier molecular flexibility index (Phi) is 7.28. The predicted molar refractivity (Wildman–Crippen MR) is 116 cm³/mol. The molecule has 1 fully saturated rings. The fourth-order valence-corrected chi connectivity index (χ4v) is 3.64. The lowest BCUT2D eigenvalue weighted by molar-refractivity contribution is -0.131. The van der Waals surface area contributed by atoms with Crippen LogP contribution in [0.5, 0.6) is 5.75 Å². The highest BCUT2D eigenvalue weighted by molar-refractivity contribution is 5.98. The highest BCUT2D eigenvalue weighted by Gasteiger charge is 2.22. The number of piperazine rings is 1. The largest absolute Gasteiger partial charge is 0.508 e. The summed E-state index contributed by atoms with van der Waals surface area (Å²) >= 11 is 0. The van der Waals surface area contributed by atoms with Gasteiger partial charge in [-0.15, -0.1) is 0 Å². The van der Waals surface area contributed by atoms with Crippen molar-refractivity contribution in [1.29, 1.82) is 0 Å². The molecule has 1 heterocycles. The van der Waals surface area contributed by atoms with Crippen LogP contribution in [0, 0.1) is 0 Å². The fraction of sp³-hybridized carbons (Fsp3) is 0.417. The molecule has 0 aliphatic carbocycles. The van der Waals surface area contributed by atoms with E-state index in [1.165, 1.54) is 5.56 Å². The van der Waals surface area contributed by atoms with Crippen LogP contribution in [0.25, 0.3) is 0 Å². The lowest BCUT2D eigenvalue weighted by atomic mass is 10.0. The summed E-state index contributed by atoms with van der Waals surface area (Å²) in [5.74, 6) is 0.328. The third-order valence-corrected chi connectivity index (χ3v) is 5.51. The van der Waals surface area contributed by atoms with E-state index in [2.05, 4.69) is 11.8 Å². The van der Waals surface area contributed by atoms with Gasteiger partial charge in [0.05, 0.1) is 0 Å². The van der Waals surface area contributed by atoms with Crippen molar-refractivity contribution in [2.24, 2.45) is 0 Å². The molecule has 2 aromatic rings. The Bertz CT molecular complexity index is 807. The summed E-state index contributed by atoms with van der Waals surface area (Å²) < 4.78 is 0. The van der Waals surface area contributed by atoms with Gasteiger partial charge in [-0.3, -0.25) is 9.59 Å². The first-order valence-corrected chi connectivity index (χ1v) is 10.5. The Morgan fingerprint density at radius 3 is 2.17 bits per heavy atom. The second-order valence-electron chi connectivity index (χ2n) is 7.61. The van der Waals surface area contributed by atoms with Crippen LogP contribution in [0.15, 0.2) is 48.5 Å². The Hall–Kier alpha value is -2.82. The SMILES string of the molecule is CCCCc1ccc(C(=O)CCC(=O)N2CCN(c3ccc(O)cc3)CC2)cc1. The summed E-state index contributed by atoms with van der Waals surface area (Å²) in [5, 5.41) is 9.40. The zero-order valence-electron chi connectivity index (χ0n) is 17.1. The molecule has 1 N–H and O–H groups in total. The summed E-state index contributed by atoms with van der Waals surface area (Å²) in [7, 11) is 0. The number of anilines is 1. The molecule has 0 aromatic heterocycles. The number of benzene rings is 2. The van der Waals surface area contributed by atoms with Gasteiger partial charge in [-0.05, 0) is 42.7 Å². The van der Waals surface area contributed by atoms with Gasteiger partial charge in [-0.1, -0.05) is 37.6 Å². The summed E-state index contributed by atoms with van der Waals surface area (Å²) in [4.78, 5) is 29.0. The molecule has 0 spiro atoms. The maximum Gasteiger partial charge on any atom is 0.223 e. The number of phenolic OH excluding ortho intramolecular Hbond substituents is 1. The van der Waals surface area contributed by atoms with E-state index >= 15 is 0 Å². The quantitative estimate of drug-likeness (QED) is 0.686. The molecule has 1 saturated heterocycles. The number of ketones is 1. The molecule has 0 unspecified atom stereocenters. The smallest absolute Gasteiger partial charge is 0.223 e. The zero-order valence-corrected chi connectivity index (χ0v) is 17.1. The van der Waals surface area contributed by atoms with Crippen LogP contribution < -0.4 is 4.90 Å². The molecule has 0 bridgehead atoms. The molecule has 3 rings (SSSR count). The van der Waals surface area contributed by atoms with Crippen molar-refractivity contribution in [1.82, 2.24) is 4.90 Å². The monoisotopic (exact) mass is 394 g/mol. The van der Waals surface area contributed by atoms with E-state index in [4.69, 9.17) is 0 Å². The number of hydrogen-bond acceptors (Lipinski definition) is 4. The van der Waals surface area contributed by atoms with Gasteiger partial charge >= 0.3 is 0 Å². The van der Waals surface area contributed by atoms with Gasteiger partial charge in [-0.2, -0.15) is 0 Å². The van der Waals surface area contributed by atoms with Crippen LogP contribution in [-0.4, -0.2) is 47.9 Å². The fourth-order valence-electron chi connectivity index (χ4n) is 3.64. The molecule has 0 saturated carbocycles. The number of amides is 1. The molecule has 0 radical (unpaired) electrons. The molecule has 1 amide bonds. The molecule has 154 valence electrons. The van der Waals surface area contributed by atoms with E-state index < -0.39 is 0 Å². The Morgan fingerprint density at radius 1 is 0.897 bits per heavy atom. The summed E-state index contributed by atoms with van der Waals surface area (Å²) in [6.07, 6.45) is 3.87. The number of rotatable bonds is 8. The Balaban J connectivity index is 1.43. The number of aromatic hydroxyl groups is 1. The topological polar surface area (TPSA) is 60.9 Å². The van der Waals surface area contributed by atoms with Crippen molar-refractivity contribution in [3.05, 3.63) is 59.7 Å². The van der Waals surface area contributed by atoms with E-state index in [0.29, 0.717) is 18.7 Å². The molecular weight excluding hydrogens is 364 g/mol. The molecule has 1 aliphatic heterocycles. The number of nitrogens with zero attached hydrogens (tertiary/aromatic N) is 2. The van der Waals surface area contributed by atoms with Gasteiger partial charge in [0.15, 0.2) is 5.78 Å². The third-order valence-electron chi connectivity index (χ3n) is 5.51. The molecule has 5 heteroatoms. The molecule has 0 atom stereocenters. The van der Waals surface area contributed by atoms with Crippen LogP contribution in [-0.2, 0) is 11.2 Å². The number of aryl methyl sites for hydroxylation is 1. The summed E-state index contributed by atoms with van der Waals surface area (Å²) in [6.45, 7) is 4.98.